The van der Waals surface area contributed by atoms with E-state index in [4.69, 9.17) is 10.5 Å². The van der Waals surface area contributed by atoms with Gasteiger partial charge in [-0.1, -0.05) is 18.2 Å². The molecule has 3 rings (SSSR count). The summed E-state index contributed by atoms with van der Waals surface area (Å²) in [6, 6.07) is 12.9. The molecular weight excluding hydrogens is 248 g/mol. The van der Waals surface area contributed by atoms with E-state index in [0.717, 1.165) is 25.3 Å². The molecule has 0 atom stereocenters. The van der Waals surface area contributed by atoms with Gasteiger partial charge in [0.05, 0.1) is 6.61 Å². The molecule has 0 aliphatic carbocycles. The lowest BCUT2D eigenvalue weighted by Gasteiger charge is -2.20. The van der Waals surface area contributed by atoms with Crippen molar-refractivity contribution < 1.29 is 4.74 Å². The Bertz CT molecular complexity index is 576. The Morgan fingerprint density at radius 1 is 1.10 bits per heavy atom. The average molecular weight is 270 g/mol. The zero-order valence-corrected chi connectivity index (χ0v) is 11.8. The second kappa shape index (κ2) is 6.14. The number of anilines is 1. The fourth-order valence-corrected chi connectivity index (χ4v) is 2.83. The highest BCUT2D eigenvalue weighted by Gasteiger charge is 2.14. The predicted molar refractivity (Wildman–Crippen MR) is 84.6 cm³/mol. The van der Waals surface area contributed by atoms with Gasteiger partial charge < -0.3 is 15.4 Å². The summed E-state index contributed by atoms with van der Waals surface area (Å²) in [5.41, 5.74) is 6.84. The summed E-state index contributed by atoms with van der Waals surface area (Å²) >= 11 is 0. The first-order chi connectivity index (χ1) is 9.88. The van der Waals surface area contributed by atoms with Gasteiger partial charge in [0.15, 0.2) is 0 Å². The van der Waals surface area contributed by atoms with Crippen molar-refractivity contribution in [1.29, 1.82) is 0 Å². The van der Waals surface area contributed by atoms with Gasteiger partial charge in [-0.3, -0.25) is 0 Å². The molecular formula is C17H22N2O. The molecule has 2 N–H and O–H groups in total. The van der Waals surface area contributed by atoms with E-state index in [1.54, 1.807) is 0 Å². The monoisotopic (exact) mass is 270 g/mol. The van der Waals surface area contributed by atoms with Crippen LogP contribution in [-0.2, 0) is 0 Å². The smallest absolute Gasteiger partial charge is 0.120 e. The Hall–Kier alpha value is -1.74. The average Bonchev–Trinajstić information content (AvgIpc) is 3.01. The minimum atomic E-state index is 0.673. The van der Waals surface area contributed by atoms with Gasteiger partial charge in [0, 0.05) is 24.2 Å². The fourth-order valence-electron chi connectivity index (χ4n) is 2.83. The lowest BCUT2D eigenvalue weighted by molar-refractivity contribution is 0.314. The molecule has 1 aliphatic rings. The van der Waals surface area contributed by atoms with Crippen LogP contribution in [0.15, 0.2) is 36.4 Å². The first-order valence-corrected chi connectivity index (χ1v) is 7.49. The van der Waals surface area contributed by atoms with Crippen molar-refractivity contribution in [2.45, 2.75) is 19.3 Å². The molecule has 0 saturated carbocycles. The first kappa shape index (κ1) is 13.3. The highest BCUT2D eigenvalue weighted by molar-refractivity contribution is 5.95. The second-order valence-corrected chi connectivity index (χ2v) is 5.34. The lowest BCUT2D eigenvalue weighted by atomic mass is 10.1. The van der Waals surface area contributed by atoms with Gasteiger partial charge in [-0.15, -0.1) is 0 Å². The standard InChI is InChI=1S/C17H22N2O/c18-9-4-12-20-15-8-7-14-5-3-6-17(16(14)13-15)19-10-1-2-11-19/h3,5-8,13H,1-2,4,9-12,18H2. The van der Waals surface area contributed by atoms with Crippen molar-refractivity contribution in [2.75, 3.05) is 31.1 Å². The van der Waals surface area contributed by atoms with Gasteiger partial charge in [0.2, 0.25) is 0 Å². The van der Waals surface area contributed by atoms with E-state index in [2.05, 4.69) is 35.2 Å². The molecule has 1 heterocycles. The van der Waals surface area contributed by atoms with Gasteiger partial charge in [-0.05, 0) is 49.4 Å². The molecule has 2 aromatic rings. The molecule has 1 saturated heterocycles. The van der Waals surface area contributed by atoms with E-state index < -0.39 is 0 Å². The Morgan fingerprint density at radius 2 is 1.95 bits per heavy atom. The number of nitrogens with two attached hydrogens (primary N) is 1. The molecule has 1 aliphatic heterocycles. The van der Waals surface area contributed by atoms with Gasteiger partial charge in [-0.25, -0.2) is 0 Å². The molecule has 0 spiro atoms. The molecule has 3 nitrogen and oxygen atoms in total. The third-order valence-electron chi connectivity index (χ3n) is 3.89. The summed E-state index contributed by atoms with van der Waals surface area (Å²) in [7, 11) is 0. The van der Waals surface area contributed by atoms with Crippen LogP contribution in [0.2, 0.25) is 0 Å². The van der Waals surface area contributed by atoms with Crippen molar-refractivity contribution in [2.24, 2.45) is 5.73 Å². The van der Waals surface area contributed by atoms with Crippen molar-refractivity contribution in [1.82, 2.24) is 0 Å². The molecule has 0 unspecified atom stereocenters. The zero-order valence-electron chi connectivity index (χ0n) is 11.8. The summed E-state index contributed by atoms with van der Waals surface area (Å²) in [5.74, 6) is 0.942. The minimum Gasteiger partial charge on any atom is -0.494 e. The molecule has 106 valence electrons. The Morgan fingerprint density at radius 3 is 2.75 bits per heavy atom. The number of ether oxygens (including phenoxy) is 1. The van der Waals surface area contributed by atoms with Crippen LogP contribution in [0.5, 0.6) is 5.75 Å². The van der Waals surface area contributed by atoms with Crippen LogP contribution in [0, 0.1) is 0 Å². The second-order valence-electron chi connectivity index (χ2n) is 5.34. The number of fused-ring (bicyclic) bond motifs is 1. The number of nitrogens with zero attached hydrogens (tertiary/aromatic N) is 1. The highest BCUT2D eigenvalue weighted by Crippen LogP contribution is 2.32. The number of hydrogen-bond donors (Lipinski definition) is 1. The predicted octanol–water partition coefficient (Wildman–Crippen LogP) is 3.17. The maximum Gasteiger partial charge on any atom is 0.120 e. The summed E-state index contributed by atoms with van der Waals surface area (Å²) in [5, 5.41) is 2.57. The molecule has 0 radical (unpaired) electrons. The Labute approximate surface area is 120 Å². The fraction of sp³-hybridized carbons (Fsp3) is 0.412. The molecule has 0 bridgehead atoms. The summed E-state index contributed by atoms with van der Waals surface area (Å²) in [4.78, 5) is 2.48. The van der Waals surface area contributed by atoms with E-state index in [0.29, 0.717) is 13.2 Å². The third-order valence-corrected chi connectivity index (χ3v) is 3.89. The van der Waals surface area contributed by atoms with E-state index in [1.807, 2.05) is 6.07 Å². The molecule has 2 aromatic carbocycles. The quantitative estimate of drug-likeness (QED) is 0.848. The van der Waals surface area contributed by atoms with Crippen LogP contribution in [-0.4, -0.2) is 26.2 Å². The third kappa shape index (κ3) is 2.73. The van der Waals surface area contributed by atoms with Gasteiger partial charge in [-0.2, -0.15) is 0 Å². The highest BCUT2D eigenvalue weighted by atomic mass is 16.5. The van der Waals surface area contributed by atoms with E-state index in [-0.39, 0.29) is 0 Å². The van der Waals surface area contributed by atoms with Crippen molar-refractivity contribution in [3.8, 4) is 5.75 Å². The van der Waals surface area contributed by atoms with E-state index >= 15 is 0 Å². The summed E-state index contributed by atoms with van der Waals surface area (Å²) in [6.07, 6.45) is 3.48. The van der Waals surface area contributed by atoms with Crippen molar-refractivity contribution in [3.05, 3.63) is 36.4 Å². The number of benzene rings is 2. The molecule has 3 heteroatoms. The van der Waals surface area contributed by atoms with Gasteiger partial charge in [0.25, 0.3) is 0 Å². The van der Waals surface area contributed by atoms with E-state index in [1.165, 1.54) is 29.3 Å². The van der Waals surface area contributed by atoms with Crippen molar-refractivity contribution >= 4 is 16.5 Å². The number of rotatable bonds is 5. The molecule has 0 aromatic heterocycles. The lowest BCUT2D eigenvalue weighted by Crippen LogP contribution is -2.17. The minimum absolute atomic E-state index is 0.673. The summed E-state index contributed by atoms with van der Waals surface area (Å²) < 4.78 is 5.77. The topological polar surface area (TPSA) is 38.5 Å². The SMILES string of the molecule is NCCCOc1ccc2cccc(N3CCCC3)c2c1. The molecule has 1 fully saturated rings. The van der Waals surface area contributed by atoms with Crippen LogP contribution in [0.25, 0.3) is 10.8 Å². The molecule has 0 amide bonds. The normalized spacial score (nSPS) is 14.9. The molecule has 20 heavy (non-hydrogen) atoms. The largest absolute Gasteiger partial charge is 0.494 e. The maximum atomic E-state index is 5.77. The van der Waals surface area contributed by atoms with Gasteiger partial charge >= 0.3 is 0 Å². The van der Waals surface area contributed by atoms with E-state index in [9.17, 15) is 0 Å². The van der Waals surface area contributed by atoms with Crippen LogP contribution >= 0.6 is 0 Å². The first-order valence-electron chi connectivity index (χ1n) is 7.49. The number of hydrogen-bond acceptors (Lipinski definition) is 3. The van der Waals surface area contributed by atoms with Gasteiger partial charge in [0.1, 0.15) is 5.75 Å². The zero-order chi connectivity index (χ0) is 13.8. The Kier molecular flexibility index (Phi) is 4.07. The van der Waals surface area contributed by atoms with Crippen LogP contribution < -0.4 is 15.4 Å². The van der Waals surface area contributed by atoms with Crippen LogP contribution in [0.3, 0.4) is 0 Å². The summed E-state index contributed by atoms with van der Waals surface area (Å²) in [6.45, 7) is 3.69. The van der Waals surface area contributed by atoms with Crippen molar-refractivity contribution in [3.63, 3.8) is 0 Å². The van der Waals surface area contributed by atoms with Crippen LogP contribution in [0.4, 0.5) is 5.69 Å². The maximum absolute atomic E-state index is 5.77. The Balaban J connectivity index is 1.91. The van der Waals surface area contributed by atoms with Crippen LogP contribution in [0.1, 0.15) is 19.3 Å².